The number of hydrogen-bond donors (Lipinski definition) is 0. The first-order chi connectivity index (χ1) is 17.7. The van der Waals surface area contributed by atoms with Crippen molar-refractivity contribution in [3.05, 3.63) is 71.4 Å². The molecule has 0 N–H and O–H groups in total. The van der Waals surface area contributed by atoms with Gasteiger partial charge < -0.3 is 14.5 Å². The largest absolute Gasteiger partial charge is 0.494 e. The fourth-order valence-electron chi connectivity index (χ4n) is 5.37. The monoisotopic (exact) mass is 487 g/mol. The van der Waals surface area contributed by atoms with E-state index in [0.29, 0.717) is 12.6 Å². The lowest BCUT2D eigenvalue weighted by Crippen LogP contribution is -2.47. The van der Waals surface area contributed by atoms with Gasteiger partial charge in [0.1, 0.15) is 11.6 Å². The number of nitrogens with zero attached hydrogens (tertiary/aromatic N) is 5. The molecule has 5 rings (SSSR count). The molecule has 36 heavy (non-hydrogen) atoms. The van der Waals surface area contributed by atoms with E-state index in [4.69, 9.17) is 9.84 Å². The van der Waals surface area contributed by atoms with Crippen LogP contribution in [0.3, 0.4) is 0 Å². The minimum Gasteiger partial charge on any atom is -0.494 e. The van der Waals surface area contributed by atoms with Crippen LogP contribution in [0.25, 0.3) is 5.69 Å². The van der Waals surface area contributed by atoms with Crippen molar-refractivity contribution in [3.8, 4) is 11.4 Å². The summed E-state index contributed by atoms with van der Waals surface area (Å²) in [6.45, 7) is 14.5. The molecule has 2 fully saturated rings. The van der Waals surface area contributed by atoms with Gasteiger partial charge in [-0.1, -0.05) is 44.2 Å². The number of hydrogen-bond acceptors (Lipinski definition) is 5. The molecule has 1 aliphatic heterocycles. The molecule has 0 atom stereocenters. The van der Waals surface area contributed by atoms with Gasteiger partial charge in [-0.05, 0) is 62.6 Å². The van der Waals surface area contributed by atoms with Crippen molar-refractivity contribution < 1.29 is 4.74 Å². The lowest BCUT2D eigenvalue weighted by Gasteiger charge is -2.36. The maximum Gasteiger partial charge on any atom is 0.137 e. The van der Waals surface area contributed by atoms with Gasteiger partial charge in [0.2, 0.25) is 0 Å². The molecule has 1 aromatic heterocycles. The second kappa shape index (κ2) is 11.5. The highest BCUT2D eigenvalue weighted by Crippen LogP contribution is 2.35. The first-order valence-corrected chi connectivity index (χ1v) is 13.8. The molecular formula is C30H41N5O. The summed E-state index contributed by atoms with van der Waals surface area (Å²) in [7, 11) is 0. The number of piperazine rings is 1. The van der Waals surface area contributed by atoms with Crippen LogP contribution in [-0.2, 0) is 19.5 Å². The third kappa shape index (κ3) is 5.60. The molecule has 0 bridgehead atoms. The van der Waals surface area contributed by atoms with E-state index in [1.165, 1.54) is 35.5 Å². The molecule has 0 unspecified atom stereocenters. The Kier molecular flexibility index (Phi) is 7.93. The number of likely N-dealkylation sites (N-methyl/N-ethyl adjacent to an activating group) is 1. The van der Waals surface area contributed by atoms with Crippen LogP contribution in [0, 0.1) is 0 Å². The fourth-order valence-corrected chi connectivity index (χ4v) is 5.37. The third-order valence-corrected chi connectivity index (χ3v) is 7.51. The van der Waals surface area contributed by atoms with E-state index in [1.807, 2.05) is 6.92 Å². The molecule has 6 heteroatoms. The number of para-hydroxylation sites is 1. The maximum absolute atomic E-state index is 5.79. The van der Waals surface area contributed by atoms with Gasteiger partial charge in [-0.3, -0.25) is 4.90 Å². The Morgan fingerprint density at radius 2 is 1.69 bits per heavy atom. The Morgan fingerprint density at radius 3 is 2.36 bits per heavy atom. The van der Waals surface area contributed by atoms with Crippen molar-refractivity contribution in [2.24, 2.45) is 0 Å². The van der Waals surface area contributed by atoms with Crippen LogP contribution in [0.2, 0.25) is 0 Å². The van der Waals surface area contributed by atoms with Gasteiger partial charge in [0.05, 0.1) is 18.0 Å². The second-order valence-corrected chi connectivity index (χ2v) is 9.99. The molecule has 6 nitrogen and oxygen atoms in total. The Bertz CT molecular complexity index is 1120. The van der Waals surface area contributed by atoms with Crippen LogP contribution in [0.4, 0.5) is 5.82 Å². The summed E-state index contributed by atoms with van der Waals surface area (Å²) in [5.74, 6) is 2.26. The zero-order chi connectivity index (χ0) is 24.9. The van der Waals surface area contributed by atoms with Crippen molar-refractivity contribution in [2.75, 3.05) is 44.2 Å². The first-order valence-electron chi connectivity index (χ1n) is 13.8. The molecule has 0 spiro atoms. The van der Waals surface area contributed by atoms with Crippen LogP contribution >= 0.6 is 0 Å². The molecule has 2 aromatic carbocycles. The molecule has 1 aliphatic carbocycles. The van der Waals surface area contributed by atoms with Gasteiger partial charge in [0, 0.05) is 50.9 Å². The van der Waals surface area contributed by atoms with Crippen molar-refractivity contribution in [3.63, 3.8) is 0 Å². The summed E-state index contributed by atoms with van der Waals surface area (Å²) in [6, 6.07) is 19.9. The van der Waals surface area contributed by atoms with E-state index in [-0.39, 0.29) is 0 Å². The Hall–Kier alpha value is -2.83. The van der Waals surface area contributed by atoms with E-state index in [2.05, 4.69) is 87.8 Å². The Morgan fingerprint density at radius 1 is 0.917 bits per heavy atom. The third-order valence-electron chi connectivity index (χ3n) is 7.51. The molecule has 0 radical (unpaired) electrons. The summed E-state index contributed by atoms with van der Waals surface area (Å²) < 4.78 is 8.00. The first kappa shape index (κ1) is 24.8. The van der Waals surface area contributed by atoms with E-state index in [1.54, 1.807) is 0 Å². The summed E-state index contributed by atoms with van der Waals surface area (Å²) in [5, 5.41) is 5.21. The van der Waals surface area contributed by atoms with Crippen LogP contribution in [0.1, 0.15) is 50.4 Å². The quantitative estimate of drug-likeness (QED) is 0.374. The fraction of sp³-hybridized carbons (Fsp3) is 0.500. The summed E-state index contributed by atoms with van der Waals surface area (Å²) in [4.78, 5) is 7.80. The van der Waals surface area contributed by atoms with Crippen LogP contribution in [0.15, 0.2) is 54.6 Å². The molecule has 3 aromatic rings. The smallest absolute Gasteiger partial charge is 0.137 e. The highest BCUT2D eigenvalue weighted by Gasteiger charge is 2.33. The molecule has 192 valence electrons. The maximum atomic E-state index is 5.79. The highest BCUT2D eigenvalue weighted by atomic mass is 16.5. The van der Waals surface area contributed by atoms with E-state index in [0.717, 1.165) is 63.7 Å². The topological polar surface area (TPSA) is 36.8 Å². The number of ether oxygens (including phenoxy) is 1. The normalized spacial score (nSPS) is 16.6. The average Bonchev–Trinajstić information content (AvgIpc) is 3.71. The zero-order valence-corrected chi connectivity index (χ0v) is 22.2. The predicted molar refractivity (Wildman–Crippen MR) is 147 cm³/mol. The summed E-state index contributed by atoms with van der Waals surface area (Å²) in [5.41, 5.74) is 5.09. The molecule has 1 saturated heterocycles. The summed E-state index contributed by atoms with van der Waals surface area (Å²) >= 11 is 0. The Balaban J connectivity index is 1.49. The van der Waals surface area contributed by atoms with Crippen LogP contribution in [-0.4, -0.2) is 65.0 Å². The highest BCUT2D eigenvalue weighted by molar-refractivity contribution is 5.56. The molecule has 2 aliphatic rings. The Labute approximate surface area is 216 Å². The molecule has 1 saturated carbocycles. The van der Waals surface area contributed by atoms with Gasteiger partial charge in [-0.15, -0.1) is 0 Å². The number of anilines is 1. The standard InChI is InChI=1S/C30H41N5O/c1-4-29-28(23-34(25-15-16-25)22-24-11-10-14-27(21-24)36-6-3)30(33-19-17-32(5-2)18-20-33)35(31-29)26-12-8-7-9-13-26/h7-14,21,25H,4-6,15-20,22-23H2,1-3H3. The average molecular weight is 488 g/mol. The molecular weight excluding hydrogens is 446 g/mol. The minimum absolute atomic E-state index is 0.648. The van der Waals surface area contributed by atoms with Gasteiger partial charge in [0.25, 0.3) is 0 Å². The van der Waals surface area contributed by atoms with Crippen LogP contribution < -0.4 is 9.64 Å². The second-order valence-electron chi connectivity index (χ2n) is 9.99. The van der Waals surface area contributed by atoms with E-state index in [9.17, 15) is 0 Å². The van der Waals surface area contributed by atoms with Gasteiger partial charge in [0.15, 0.2) is 0 Å². The van der Waals surface area contributed by atoms with Gasteiger partial charge in [-0.2, -0.15) is 5.10 Å². The van der Waals surface area contributed by atoms with Crippen LogP contribution in [0.5, 0.6) is 5.75 Å². The molecule has 2 heterocycles. The minimum atomic E-state index is 0.648. The van der Waals surface area contributed by atoms with Crippen molar-refractivity contribution in [1.82, 2.24) is 19.6 Å². The zero-order valence-electron chi connectivity index (χ0n) is 22.2. The van der Waals surface area contributed by atoms with Gasteiger partial charge in [-0.25, -0.2) is 4.68 Å². The SMILES string of the molecule is CCOc1cccc(CN(Cc2c(CC)nn(-c3ccccc3)c2N2CCN(CC)CC2)C2CC2)c1. The number of benzene rings is 2. The number of aromatic nitrogens is 2. The summed E-state index contributed by atoms with van der Waals surface area (Å²) in [6.07, 6.45) is 3.50. The van der Waals surface area contributed by atoms with E-state index >= 15 is 0 Å². The number of aryl methyl sites for hydroxylation is 1. The van der Waals surface area contributed by atoms with Crippen molar-refractivity contribution in [1.29, 1.82) is 0 Å². The van der Waals surface area contributed by atoms with Crippen molar-refractivity contribution >= 4 is 5.82 Å². The predicted octanol–water partition coefficient (Wildman–Crippen LogP) is 5.14. The molecule has 0 amide bonds. The lowest BCUT2D eigenvalue weighted by atomic mass is 10.1. The van der Waals surface area contributed by atoms with Crippen molar-refractivity contribution in [2.45, 2.75) is 59.2 Å². The number of rotatable bonds is 11. The van der Waals surface area contributed by atoms with E-state index < -0.39 is 0 Å². The lowest BCUT2D eigenvalue weighted by molar-refractivity contribution is 0.243. The van der Waals surface area contributed by atoms with Gasteiger partial charge >= 0.3 is 0 Å².